The maximum absolute atomic E-state index is 13.2. The van der Waals surface area contributed by atoms with Crippen LogP contribution in [0, 0.1) is 5.92 Å². The van der Waals surface area contributed by atoms with Crippen LogP contribution in [0.1, 0.15) is 62.8 Å². The van der Waals surface area contributed by atoms with Crippen molar-refractivity contribution >= 4 is 42.1 Å². The van der Waals surface area contributed by atoms with Crippen molar-refractivity contribution in [1.82, 2.24) is 19.8 Å². The number of phenols is 1. The number of nitrogens with zero attached hydrogens (tertiary/aromatic N) is 3. The molecule has 1 amide bonds. The average Bonchev–Trinajstić information content (AvgIpc) is 3.55. The van der Waals surface area contributed by atoms with E-state index in [0.717, 1.165) is 65.7 Å². The van der Waals surface area contributed by atoms with E-state index in [-0.39, 0.29) is 28.5 Å². The maximum Gasteiger partial charge on any atom is 0.419 e. The lowest BCUT2D eigenvalue weighted by atomic mass is 9.82. The molecule has 9 rings (SSSR count). The van der Waals surface area contributed by atoms with Gasteiger partial charge >= 0.3 is 11.8 Å². The van der Waals surface area contributed by atoms with Crippen LogP contribution >= 0.6 is 0 Å². The third-order valence-corrected chi connectivity index (χ3v) is 17.8. The minimum atomic E-state index is -2.27. The van der Waals surface area contributed by atoms with Crippen molar-refractivity contribution in [1.29, 1.82) is 0 Å². The molecule has 61 heavy (non-hydrogen) atoms. The number of anilines is 1. The summed E-state index contributed by atoms with van der Waals surface area (Å²) in [6, 6.07) is 28.5. The number of phenolic OH excluding ortho intramolecular Hbond substituents is 1. The number of pyridine rings is 1. The number of oxazole rings is 1. The molecule has 0 spiro atoms. The monoisotopic (exact) mass is 843 g/mol. The van der Waals surface area contributed by atoms with E-state index >= 15 is 0 Å². The first-order valence-corrected chi connectivity index (χ1v) is 24.4. The van der Waals surface area contributed by atoms with Gasteiger partial charge in [0.05, 0.1) is 28.9 Å². The van der Waals surface area contributed by atoms with Crippen LogP contribution < -0.4 is 21.5 Å². The van der Waals surface area contributed by atoms with Crippen molar-refractivity contribution in [2.75, 3.05) is 31.1 Å². The van der Waals surface area contributed by atoms with Gasteiger partial charge in [-0.1, -0.05) is 75.4 Å². The summed E-state index contributed by atoms with van der Waals surface area (Å²) < 4.78 is 14.4. The van der Waals surface area contributed by atoms with Gasteiger partial charge < -0.3 is 34.3 Å². The number of carbonyl (C=O) groups is 1. The lowest BCUT2D eigenvalue weighted by Gasteiger charge is -2.48. The minimum Gasteiger partial charge on any atom is -0.506 e. The fourth-order valence-electron chi connectivity index (χ4n) is 8.95. The van der Waals surface area contributed by atoms with Gasteiger partial charge in [0.25, 0.3) is 0 Å². The van der Waals surface area contributed by atoms with Crippen LogP contribution in [-0.2, 0) is 23.9 Å². The van der Waals surface area contributed by atoms with Crippen molar-refractivity contribution in [3.63, 3.8) is 0 Å². The average molecular weight is 844 g/mol. The Labute approximate surface area is 356 Å². The highest BCUT2D eigenvalue weighted by molar-refractivity contribution is 6.74. The summed E-state index contributed by atoms with van der Waals surface area (Å²) in [6.07, 6.45) is 2.00. The van der Waals surface area contributed by atoms with Gasteiger partial charge in [0.15, 0.2) is 13.9 Å². The molecule has 0 unspecified atom stereocenters. The molecule has 12 nitrogen and oxygen atoms in total. The molecule has 2 atom stereocenters. The molecule has 2 aromatic heterocycles. The molecule has 13 heteroatoms. The fourth-order valence-corrected chi connectivity index (χ4v) is 10.2. The van der Waals surface area contributed by atoms with Gasteiger partial charge in [0, 0.05) is 43.2 Å². The Hall–Kier alpha value is -5.47. The van der Waals surface area contributed by atoms with Crippen LogP contribution in [0.3, 0.4) is 0 Å². The number of hydrogen-bond acceptors (Lipinski definition) is 8. The zero-order valence-corrected chi connectivity index (χ0v) is 36.7. The lowest BCUT2D eigenvalue weighted by Crippen LogP contribution is -2.59. The van der Waals surface area contributed by atoms with E-state index in [1.54, 1.807) is 21.6 Å². The largest absolute Gasteiger partial charge is 0.506 e. The van der Waals surface area contributed by atoms with E-state index < -0.39 is 20.2 Å². The number of aryl methyl sites for hydroxylation is 2. The minimum absolute atomic E-state index is 0.00478. The zero-order chi connectivity index (χ0) is 43.1. The molecule has 0 radical (unpaired) electrons. The van der Waals surface area contributed by atoms with Crippen LogP contribution in [0.4, 0.5) is 10.5 Å². The van der Waals surface area contributed by atoms with Gasteiger partial charge in [-0.3, -0.25) is 14.3 Å². The van der Waals surface area contributed by atoms with Gasteiger partial charge in [0.1, 0.15) is 5.75 Å². The highest BCUT2D eigenvalue weighted by Crippen LogP contribution is 2.42. The van der Waals surface area contributed by atoms with Crippen LogP contribution in [-0.4, -0.2) is 71.3 Å². The second kappa shape index (κ2) is 17.1. The number of hydrogen-bond donors (Lipinski definition) is 4. The molecular formula is C48H57N5O7Si. The number of benzene rings is 4. The van der Waals surface area contributed by atoms with E-state index in [9.17, 15) is 24.6 Å². The summed E-state index contributed by atoms with van der Waals surface area (Å²) in [6.45, 7) is 15.2. The molecule has 3 aliphatic heterocycles. The summed E-state index contributed by atoms with van der Waals surface area (Å²) in [4.78, 5) is 45.3. The summed E-state index contributed by atoms with van der Waals surface area (Å²) in [5.74, 6) is -0.0795. The third kappa shape index (κ3) is 8.83. The SMILES string of the molecule is CC(C)(C)[Si](C)(C)O[C@H](CNCc1ccc2oc(=O)n(CCCc3ccc(-c4ccccc4)c(N(C(=O)O)[C@H]4CN5CCC4CC5)c3)c2c1)c1ccc(O)c2[nH]c(=O)ccc12. The fraction of sp³-hybridized carbons (Fsp3) is 0.396. The molecule has 0 aliphatic carbocycles. The number of aromatic hydroxyl groups is 1. The quantitative estimate of drug-likeness (QED) is 0.0788. The number of fused-ring (bicyclic) bond motifs is 5. The maximum atomic E-state index is 13.2. The zero-order valence-electron chi connectivity index (χ0n) is 35.7. The number of amides is 1. The molecule has 4 aromatic carbocycles. The normalized spacial score (nSPS) is 18.5. The molecule has 0 saturated carbocycles. The Kier molecular flexibility index (Phi) is 11.9. The first-order valence-electron chi connectivity index (χ1n) is 21.5. The van der Waals surface area contributed by atoms with Crippen molar-refractivity contribution in [3.05, 3.63) is 129 Å². The Morgan fingerprint density at radius 1 is 0.984 bits per heavy atom. The van der Waals surface area contributed by atoms with Crippen LogP contribution in [0.15, 0.2) is 105 Å². The molecule has 6 aromatic rings. The number of carboxylic acid groups (broad SMARTS) is 1. The van der Waals surface area contributed by atoms with Gasteiger partial charge in [-0.15, -0.1) is 0 Å². The predicted octanol–water partition coefficient (Wildman–Crippen LogP) is 8.87. The molecule has 2 bridgehead atoms. The van der Waals surface area contributed by atoms with E-state index in [1.807, 2.05) is 66.7 Å². The van der Waals surface area contributed by atoms with Crippen molar-refractivity contribution < 1.29 is 23.9 Å². The first kappa shape index (κ1) is 42.2. The number of aromatic amines is 1. The van der Waals surface area contributed by atoms with E-state index in [2.05, 4.69) is 55.1 Å². The molecule has 320 valence electrons. The first-order chi connectivity index (χ1) is 29.2. The Morgan fingerprint density at radius 2 is 1.74 bits per heavy atom. The molecule has 5 heterocycles. The topological polar surface area (TPSA) is 153 Å². The third-order valence-electron chi connectivity index (χ3n) is 13.3. The number of aromatic nitrogens is 2. The molecular weight excluding hydrogens is 787 g/mol. The standard InChI is InChI=1S/C48H57N5O7Si/c1-48(2,3)61(4,5)60-43(36-16-18-41(54)45-37(36)17-20-44(55)50-45)29-49-28-32-14-19-42-39(27-32)52(47(58)59-42)23-9-10-31-13-15-35(33-11-7-6-8-12-33)38(26-31)53(46(56)57)40-30-51-24-21-34(40)22-25-51/h6-8,11-20,26-27,34,40,43,49,54H,9-10,21-25,28-30H2,1-5H3,(H,50,55)(H,56,57)/t40-,43+/m0/s1. The van der Waals surface area contributed by atoms with E-state index in [1.165, 1.54) is 6.07 Å². The molecule has 3 saturated heterocycles. The Balaban J connectivity index is 1.00. The smallest absolute Gasteiger partial charge is 0.419 e. The number of rotatable bonds is 14. The summed E-state index contributed by atoms with van der Waals surface area (Å²) in [5, 5.41) is 25.6. The highest BCUT2D eigenvalue weighted by Gasteiger charge is 2.41. The predicted molar refractivity (Wildman–Crippen MR) is 243 cm³/mol. The van der Waals surface area contributed by atoms with Crippen LogP contribution in [0.25, 0.3) is 33.1 Å². The summed E-state index contributed by atoms with van der Waals surface area (Å²) in [7, 11) is -2.27. The summed E-state index contributed by atoms with van der Waals surface area (Å²) in [5.41, 5.74) is 6.75. The van der Waals surface area contributed by atoms with Crippen molar-refractivity contribution in [2.45, 2.75) is 89.8 Å². The van der Waals surface area contributed by atoms with Crippen LogP contribution in [0.5, 0.6) is 5.75 Å². The molecule has 3 fully saturated rings. The van der Waals surface area contributed by atoms with E-state index in [4.69, 9.17) is 8.84 Å². The molecule has 3 aliphatic rings. The Morgan fingerprint density at radius 3 is 2.44 bits per heavy atom. The van der Waals surface area contributed by atoms with Crippen LogP contribution in [0.2, 0.25) is 18.1 Å². The van der Waals surface area contributed by atoms with Crippen molar-refractivity contribution in [2.24, 2.45) is 5.92 Å². The molecule has 4 N–H and O–H groups in total. The van der Waals surface area contributed by atoms with E-state index in [0.29, 0.717) is 60.7 Å². The number of H-pyrrole nitrogens is 1. The van der Waals surface area contributed by atoms with Crippen molar-refractivity contribution in [3.8, 4) is 16.9 Å². The van der Waals surface area contributed by atoms with Gasteiger partial charge in [0.2, 0.25) is 5.56 Å². The second-order valence-electron chi connectivity index (χ2n) is 18.3. The van der Waals surface area contributed by atoms with Gasteiger partial charge in [-0.05, 0) is 115 Å². The second-order valence-corrected chi connectivity index (χ2v) is 23.0. The van der Waals surface area contributed by atoms with Gasteiger partial charge in [-0.25, -0.2) is 9.59 Å². The van der Waals surface area contributed by atoms with Gasteiger partial charge in [-0.2, -0.15) is 0 Å². The number of nitrogens with one attached hydrogen (secondary N) is 2. The highest BCUT2D eigenvalue weighted by atomic mass is 28.4. The number of piperidine rings is 3. The lowest BCUT2D eigenvalue weighted by molar-refractivity contribution is 0.0837. The Bertz CT molecular complexity index is 2660. The summed E-state index contributed by atoms with van der Waals surface area (Å²) >= 11 is 0.